The van der Waals surface area contributed by atoms with Gasteiger partial charge in [0.2, 0.25) is 11.8 Å². The molecule has 8 heteroatoms. The second kappa shape index (κ2) is 9.50. The van der Waals surface area contributed by atoms with Crippen molar-refractivity contribution in [2.24, 2.45) is 0 Å². The fraction of sp³-hybridized carbons (Fsp3) is 0.190. The molecule has 0 radical (unpaired) electrons. The maximum absolute atomic E-state index is 14.4. The molecule has 2 amide bonds. The normalized spacial score (nSPS) is 11.0. The lowest BCUT2D eigenvalue weighted by Gasteiger charge is -2.10. The number of hydrogen-bond acceptors (Lipinski definition) is 4. The molecule has 0 aliphatic rings. The van der Waals surface area contributed by atoms with Gasteiger partial charge in [0, 0.05) is 38.0 Å². The number of aryl methyl sites for hydroxylation is 1. The van der Waals surface area contributed by atoms with Crippen molar-refractivity contribution in [2.45, 2.75) is 19.9 Å². The van der Waals surface area contributed by atoms with Gasteiger partial charge in [-0.25, -0.2) is 9.37 Å². The van der Waals surface area contributed by atoms with Crippen LogP contribution in [0.5, 0.6) is 0 Å². The van der Waals surface area contributed by atoms with Gasteiger partial charge in [-0.05, 0) is 42.8 Å². The average molecular weight is 396 g/mol. The Morgan fingerprint density at radius 2 is 2.14 bits per heavy atom. The zero-order valence-electron chi connectivity index (χ0n) is 15.9. The Hall–Kier alpha value is -3.68. The first-order valence-corrected chi connectivity index (χ1v) is 9.08. The monoisotopic (exact) mass is 396 g/mol. The number of nitrogens with one attached hydrogen (secondary N) is 2. The molecule has 2 heterocycles. The van der Waals surface area contributed by atoms with E-state index in [2.05, 4.69) is 15.6 Å². The number of aromatic nitrogens is 2. The molecule has 0 bridgehead atoms. The molecule has 150 valence electrons. The third kappa shape index (κ3) is 5.65. The summed E-state index contributed by atoms with van der Waals surface area (Å²) >= 11 is 0. The zero-order valence-corrected chi connectivity index (χ0v) is 15.9. The molecule has 3 aromatic rings. The second-order valence-electron chi connectivity index (χ2n) is 6.30. The number of halogens is 1. The predicted octanol–water partition coefficient (Wildman–Crippen LogP) is 2.75. The van der Waals surface area contributed by atoms with Gasteiger partial charge in [0.1, 0.15) is 17.4 Å². The molecule has 7 nitrogen and oxygen atoms in total. The molecular formula is C21H21FN4O3. The fourth-order valence-electron chi connectivity index (χ4n) is 2.68. The van der Waals surface area contributed by atoms with E-state index in [-0.39, 0.29) is 31.3 Å². The van der Waals surface area contributed by atoms with Crippen LogP contribution in [0.25, 0.3) is 11.8 Å². The molecule has 0 saturated heterocycles. The first-order chi connectivity index (χ1) is 14.0. The second-order valence-corrected chi connectivity index (χ2v) is 6.30. The topological polar surface area (TPSA) is 89.2 Å². The summed E-state index contributed by atoms with van der Waals surface area (Å²) in [7, 11) is 0. The minimum Gasteiger partial charge on any atom is -0.465 e. The SMILES string of the molecule is Cc1nccn1-c1ccc(CNC(=O)CCNC(=O)/C=C/c2ccco2)cc1F. The molecule has 0 aliphatic carbocycles. The van der Waals surface area contributed by atoms with Gasteiger partial charge in [0.15, 0.2) is 0 Å². The van der Waals surface area contributed by atoms with Crippen LogP contribution in [0, 0.1) is 12.7 Å². The van der Waals surface area contributed by atoms with E-state index >= 15 is 0 Å². The summed E-state index contributed by atoms with van der Waals surface area (Å²) < 4.78 is 21.1. The molecule has 0 fully saturated rings. The van der Waals surface area contributed by atoms with Crippen LogP contribution in [-0.2, 0) is 16.1 Å². The maximum Gasteiger partial charge on any atom is 0.244 e. The molecule has 0 unspecified atom stereocenters. The van der Waals surface area contributed by atoms with E-state index in [1.165, 1.54) is 18.4 Å². The van der Waals surface area contributed by atoms with Crippen LogP contribution < -0.4 is 10.6 Å². The lowest BCUT2D eigenvalue weighted by atomic mass is 10.2. The summed E-state index contributed by atoms with van der Waals surface area (Å²) in [6.07, 6.45) is 7.80. The Morgan fingerprint density at radius 3 is 2.83 bits per heavy atom. The highest BCUT2D eigenvalue weighted by Crippen LogP contribution is 2.16. The maximum atomic E-state index is 14.4. The van der Waals surface area contributed by atoms with E-state index in [0.717, 1.165) is 0 Å². The summed E-state index contributed by atoms with van der Waals surface area (Å²) in [5.74, 6) is 0.302. The lowest BCUT2D eigenvalue weighted by Crippen LogP contribution is -2.29. The first kappa shape index (κ1) is 20.1. The fourth-order valence-corrected chi connectivity index (χ4v) is 2.68. The number of rotatable bonds is 8. The average Bonchev–Trinajstić information content (AvgIpc) is 3.37. The third-order valence-corrected chi connectivity index (χ3v) is 4.18. The highest BCUT2D eigenvalue weighted by Gasteiger charge is 2.09. The van der Waals surface area contributed by atoms with Gasteiger partial charge in [0.25, 0.3) is 0 Å². The number of hydrogen-bond donors (Lipinski definition) is 2. The number of benzene rings is 1. The van der Waals surface area contributed by atoms with Crippen molar-refractivity contribution in [3.8, 4) is 5.69 Å². The summed E-state index contributed by atoms with van der Waals surface area (Å²) in [6, 6.07) is 8.23. The molecule has 2 N–H and O–H groups in total. The zero-order chi connectivity index (χ0) is 20.6. The van der Waals surface area contributed by atoms with Crippen molar-refractivity contribution in [2.75, 3.05) is 6.54 Å². The number of imidazole rings is 1. The summed E-state index contributed by atoms with van der Waals surface area (Å²) in [6.45, 7) is 2.19. The van der Waals surface area contributed by atoms with Crippen molar-refractivity contribution < 1.29 is 18.4 Å². The molecule has 1 aromatic carbocycles. The van der Waals surface area contributed by atoms with Crippen LogP contribution in [0.15, 0.2) is 59.5 Å². The lowest BCUT2D eigenvalue weighted by molar-refractivity contribution is -0.121. The molecule has 29 heavy (non-hydrogen) atoms. The number of amides is 2. The predicted molar refractivity (Wildman–Crippen MR) is 105 cm³/mol. The van der Waals surface area contributed by atoms with E-state index < -0.39 is 5.82 Å². The standard InChI is InChI=1S/C21H21FN4O3/c1-15-23-10-11-26(15)19-6-4-16(13-18(19)22)14-25-21(28)8-9-24-20(27)7-5-17-3-2-12-29-17/h2-7,10-13H,8-9,14H2,1H3,(H,24,27)(H,25,28)/b7-5+. The Kier molecular flexibility index (Phi) is 6.57. The Balaban J connectivity index is 1.42. The molecule has 0 saturated carbocycles. The smallest absolute Gasteiger partial charge is 0.244 e. The van der Waals surface area contributed by atoms with E-state index in [1.54, 1.807) is 54.2 Å². The van der Waals surface area contributed by atoms with Crippen molar-refractivity contribution in [1.82, 2.24) is 20.2 Å². The van der Waals surface area contributed by atoms with Crippen molar-refractivity contribution in [3.05, 3.63) is 78.0 Å². The van der Waals surface area contributed by atoms with E-state index in [9.17, 15) is 14.0 Å². The summed E-state index contributed by atoms with van der Waals surface area (Å²) in [4.78, 5) is 27.7. The van der Waals surface area contributed by atoms with Gasteiger partial charge >= 0.3 is 0 Å². The molecule has 0 atom stereocenters. The third-order valence-electron chi connectivity index (χ3n) is 4.18. The largest absolute Gasteiger partial charge is 0.465 e. The molecule has 2 aromatic heterocycles. The van der Waals surface area contributed by atoms with Crippen LogP contribution in [0.2, 0.25) is 0 Å². The Bertz CT molecular complexity index is 1010. The van der Waals surface area contributed by atoms with Gasteiger partial charge in [0.05, 0.1) is 12.0 Å². The van der Waals surface area contributed by atoms with E-state index in [4.69, 9.17) is 4.42 Å². The van der Waals surface area contributed by atoms with Gasteiger partial charge in [-0.15, -0.1) is 0 Å². The van der Waals surface area contributed by atoms with E-state index in [1.807, 2.05) is 0 Å². The number of carbonyl (C=O) groups excluding carboxylic acids is 2. The van der Waals surface area contributed by atoms with E-state index in [0.29, 0.717) is 22.8 Å². The van der Waals surface area contributed by atoms with Gasteiger partial charge < -0.3 is 19.6 Å². The number of furan rings is 1. The van der Waals surface area contributed by atoms with Crippen LogP contribution in [0.4, 0.5) is 4.39 Å². The van der Waals surface area contributed by atoms with Crippen LogP contribution in [0.1, 0.15) is 23.6 Å². The Labute approximate surface area is 167 Å². The van der Waals surface area contributed by atoms with Crippen molar-refractivity contribution >= 4 is 17.9 Å². The molecular weight excluding hydrogens is 375 g/mol. The minimum absolute atomic E-state index is 0.120. The number of carbonyl (C=O) groups is 2. The molecule has 3 rings (SSSR count). The van der Waals surface area contributed by atoms with Crippen molar-refractivity contribution in [3.63, 3.8) is 0 Å². The quantitative estimate of drug-likeness (QED) is 0.573. The van der Waals surface area contributed by atoms with Crippen LogP contribution in [0.3, 0.4) is 0 Å². The first-order valence-electron chi connectivity index (χ1n) is 9.08. The van der Waals surface area contributed by atoms with Gasteiger partial charge in [-0.3, -0.25) is 9.59 Å². The van der Waals surface area contributed by atoms with Gasteiger partial charge in [-0.1, -0.05) is 6.07 Å². The summed E-state index contributed by atoms with van der Waals surface area (Å²) in [5.41, 5.74) is 1.04. The summed E-state index contributed by atoms with van der Waals surface area (Å²) in [5, 5.41) is 5.33. The van der Waals surface area contributed by atoms with Crippen LogP contribution >= 0.6 is 0 Å². The molecule has 0 spiro atoms. The Morgan fingerprint density at radius 1 is 1.28 bits per heavy atom. The van der Waals surface area contributed by atoms with Crippen LogP contribution in [-0.4, -0.2) is 27.9 Å². The minimum atomic E-state index is -0.395. The highest BCUT2D eigenvalue weighted by molar-refractivity contribution is 5.91. The number of nitrogens with zero attached hydrogens (tertiary/aromatic N) is 2. The molecule has 0 aliphatic heterocycles. The highest BCUT2D eigenvalue weighted by atomic mass is 19.1. The van der Waals surface area contributed by atoms with Gasteiger partial charge in [-0.2, -0.15) is 0 Å². The van der Waals surface area contributed by atoms with Crippen molar-refractivity contribution in [1.29, 1.82) is 0 Å².